The van der Waals surface area contributed by atoms with Gasteiger partial charge in [-0.2, -0.15) is 0 Å². The van der Waals surface area contributed by atoms with E-state index in [1.807, 2.05) is 6.07 Å². The molecular weight excluding hydrogens is 268 g/mol. The lowest BCUT2D eigenvalue weighted by Crippen LogP contribution is -2.23. The molecule has 108 valence electrons. The monoisotopic (exact) mass is 284 g/mol. The number of carboxylic acids is 1. The third-order valence-corrected chi connectivity index (χ3v) is 3.22. The Morgan fingerprint density at radius 2 is 1.71 bits per heavy atom. The van der Waals surface area contributed by atoms with Crippen molar-refractivity contribution >= 4 is 11.8 Å². The maximum absolute atomic E-state index is 12.5. The molecule has 0 aromatic heterocycles. The molecule has 0 fully saturated rings. The molecule has 2 aromatic rings. The molecule has 0 amide bonds. The smallest absolute Gasteiger partial charge is 0.344 e. The van der Waals surface area contributed by atoms with Gasteiger partial charge in [-0.15, -0.1) is 0 Å². The molecular formula is C17H16O4. The zero-order valence-electron chi connectivity index (χ0n) is 11.9. The predicted molar refractivity (Wildman–Crippen MR) is 78.8 cm³/mol. The van der Waals surface area contributed by atoms with Crippen LogP contribution >= 0.6 is 0 Å². The molecule has 4 nitrogen and oxygen atoms in total. The van der Waals surface area contributed by atoms with Crippen molar-refractivity contribution in [1.29, 1.82) is 0 Å². The van der Waals surface area contributed by atoms with Crippen molar-refractivity contribution in [2.75, 3.05) is 0 Å². The molecule has 1 N–H and O–H groups in total. The molecule has 2 rings (SSSR count). The maximum atomic E-state index is 12.5. The first-order valence-electron chi connectivity index (χ1n) is 6.59. The van der Waals surface area contributed by atoms with Crippen molar-refractivity contribution in [2.45, 2.75) is 20.0 Å². The van der Waals surface area contributed by atoms with Gasteiger partial charge in [-0.1, -0.05) is 42.5 Å². The van der Waals surface area contributed by atoms with Crippen molar-refractivity contribution in [3.63, 3.8) is 0 Å². The quantitative estimate of drug-likeness (QED) is 0.857. The van der Waals surface area contributed by atoms with Crippen molar-refractivity contribution in [3.05, 3.63) is 65.2 Å². The third-order valence-electron chi connectivity index (χ3n) is 3.22. The molecule has 4 heteroatoms. The standard InChI is InChI=1S/C17H16O4/c1-11-14(16(18)13-7-4-3-5-8-13)9-6-10-15(11)21-12(2)17(19)20/h3-10,12H,1-2H3,(H,19,20). The van der Waals surface area contributed by atoms with Crippen LogP contribution in [0.5, 0.6) is 5.75 Å². The van der Waals surface area contributed by atoms with Gasteiger partial charge in [0.15, 0.2) is 11.9 Å². The highest BCUT2D eigenvalue weighted by Gasteiger charge is 2.18. The highest BCUT2D eigenvalue weighted by atomic mass is 16.5. The lowest BCUT2D eigenvalue weighted by Gasteiger charge is -2.14. The summed E-state index contributed by atoms with van der Waals surface area (Å²) in [7, 11) is 0. The van der Waals surface area contributed by atoms with E-state index in [-0.39, 0.29) is 5.78 Å². The van der Waals surface area contributed by atoms with E-state index in [1.54, 1.807) is 49.4 Å². The van der Waals surface area contributed by atoms with E-state index < -0.39 is 12.1 Å². The molecule has 0 bridgehead atoms. The Balaban J connectivity index is 2.34. The van der Waals surface area contributed by atoms with Crippen LogP contribution in [0.15, 0.2) is 48.5 Å². The number of aliphatic carboxylic acids is 1. The highest BCUT2D eigenvalue weighted by molar-refractivity contribution is 6.10. The number of benzene rings is 2. The topological polar surface area (TPSA) is 63.6 Å². The first kappa shape index (κ1) is 14.8. The van der Waals surface area contributed by atoms with Crippen LogP contribution in [0, 0.1) is 6.92 Å². The predicted octanol–water partition coefficient (Wildman–Crippen LogP) is 3.08. The number of carboxylic acid groups (broad SMARTS) is 1. The molecule has 0 aliphatic heterocycles. The number of ether oxygens (including phenoxy) is 1. The van der Waals surface area contributed by atoms with E-state index in [0.717, 1.165) is 0 Å². The van der Waals surface area contributed by atoms with Crippen LogP contribution in [0.3, 0.4) is 0 Å². The molecule has 0 heterocycles. The first-order valence-corrected chi connectivity index (χ1v) is 6.59. The summed E-state index contributed by atoms with van der Waals surface area (Å²) < 4.78 is 5.38. The first-order chi connectivity index (χ1) is 10.0. The Morgan fingerprint density at radius 3 is 2.33 bits per heavy atom. The Morgan fingerprint density at radius 1 is 1.05 bits per heavy atom. The van der Waals surface area contributed by atoms with Gasteiger partial charge in [-0.3, -0.25) is 4.79 Å². The van der Waals surface area contributed by atoms with E-state index in [2.05, 4.69) is 0 Å². The molecule has 0 saturated heterocycles. The van der Waals surface area contributed by atoms with Crippen LogP contribution in [-0.4, -0.2) is 23.0 Å². The van der Waals surface area contributed by atoms with Gasteiger partial charge in [0.2, 0.25) is 0 Å². The van der Waals surface area contributed by atoms with Crippen LogP contribution in [0.2, 0.25) is 0 Å². The normalized spacial score (nSPS) is 11.7. The number of hydrogen-bond acceptors (Lipinski definition) is 3. The lowest BCUT2D eigenvalue weighted by atomic mass is 9.98. The Hall–Kier alpha value is -2.62. The van der Waals surface area contributed by atoms with Gasteiger partial charge in [0, 0.05) is 16.7 Å². The number of carbonyl (C=O) groups excluding carboxylic acids is 1. The van der Waals surface area contributed by atoms with Crippen molar-refractivity contribution < 1.29 is 19.4 Å². The van der Waals surface area contributed by atoms with Gasteiger partial charge in [-0.05, 0) is 19.9 Å². The molecule has 0 spiro atoms. The molecule has 2 aromatic carbocycles. The molecule has 21 heavy (non-hydrogen) atoms. The Kier molecular flexibility index (Phi) is 4.38. The van der Waals surface area contributed by atoms with Crippen LogP contribution in [0.1, 0.15) is 28.4 Å². The minimum Gasteiger partial charge on any atom is -0.479 e. The van der Waals surface area contributed by atoms with Crippen molar-refractivity contribution in [2.24, 2.45) is 0 Å². The second-order valence-corrected chi connectivity index (χ2v) is 4.72. The number of hydrogen-bond donors (Lipinski definition) is 1. The number of carbonyl (C=O) groups is 2. The summed E-state index contributed by atoms with van der Waals surface area (Å²) >= 11 is 0. The van der Waals surface area contributed by atoms with Crippen molar-refractivity contribution in [3.8, 4) is 5.75 Å². The molecule has 0 radical (unpaired) electrons. The second-order valence-electron chi connectivity index (χ2n) is 4.72. The van der Waals surface area contributed by atoms with Gasteiger partial charge < -0.3 is 9.84 Å². The van der Waals surface area contributed by atoms with E-state index >= 15 is 0 Å². The average Bonchev–Trinajstić information content (AvgIpc) is 2.49. The largest absolute Gasteiger partial charge is 0.479 e. The minimum absolute atomic E-state index is 0.110. The Labute approximate surface area is 123 Å². The second kappa shape index (κ2) is 6.22. The third kappa shape index (κ3) is 3.28. The average molecular weight is 284 g/mol. The van der Waals surface area contributed by atoms with Crippen molar-refractivity contribution in [1.82, 2.24) is 0 Å². The zero-order chi connectivity index (χ0) is 15.4. The van der Waals surface area contributed by atoms with E-state index in [4.69, 9.17) is 9.84 Å². The van der Waals surface area contributed by atoms with Gasteiger partial charge in [0.1, 0.15) is 5.75 Å². The molecule has 1 atom stereocenters. The molecule has 0 aliphatic carbocycles. The summed E-state index contributed by atoms with van der Waals surface area (Å²) in [6.07, 6.45) is -0.967. The number of rotatable bonds is 5. The number of ketones is 1. The zero-order valence-corrected chi connectivity index (χ0v) is 11.9. The lowest BCUT2D eigenvalue weighted by molar-refractivity contribution is -0.144. The fraction of sp³-hybridized carbons (Fsp3) is 0.176. The molecule has 0 aliphatic rings. The van der Waals surface area contributed by atoms with E-state index in [1.165, 1.54) is 6.92 Å². The SMILES string of the molecule is Cc1c(OC(C)C(=O)O)cccc1C(=O)c1ccccc1. The van der Waals surface area contributed by atoms with Crippen LogP contribution in [0.25, 0.3) is 0 Å². The highest BCUT2D eigenvalue weighted by Crippen LogP contribution is 2.24. The summed E-state index contributed by atoms with van der Waals surface area (Å²) in [5.74, 6) is -0.748. The summed E-state index contributed by atoms with van der Waals surface area (Å²) in [6.45, 7) is 3.20. The van der Waals surface area contributed by atoms with Gasteiger partial charge in [0.05, 0.1) is 0 Å². The van der Waals surface area contributed by atoms with Crippen LogP contribution in [-0.2, 0) is 4.79 Å². The van der Waals surface area contributed by atoms with Gasteiger partial charge in [-0.25, -0.2) is 4.79 Å². The maximum Gasteiger partial charge on any atom is 0.344 e. The van der Waals surface area contributed by atoms with Crippen LogP contribution < -0.4 is 4.74 Å². The summed E-state index contributed by atoms with van der Waals surface area (Å²) in [5, 5.41) is 8.90. The fourth-order valence-electron chi connectivity index (χ4n) is 1.97. The Bertz CT molecular complexity index is 662. The van der Waals surface area contributed by atoms with Gasteiger partial charge >= 0.3 is 5.97 Å². The summed E-state index contributed by atoms with van der Waals surface area (Å²) in [4.78, 5) is 23.3. The molecule has 1 unspecified atom stereocenters. The fourth-order valence-corrected chi connectivity index (χ4v) is 1.97. The summed E-state index contributed by atoms with van der Waals surface area (Å²) in [6, 6.07) is 14.0. The minimum atomic E-state index is -1.05. The molecule has 0 saturated carbocycles. The van der Waals surface area contributed by atoms with Crippen LogP contribution in [0.4, 0.5) is 0 Å². The summed E-state index contributed by atoms with van der Waals surface area (Å²) in [5.41, 5.74) is 1.74. The van der Waals surface area contributed by atoms with Gasteiger partial charge in [0.25, 0.3) is 0 Å². The van der Waals surface area contributed by atoms with E-state index in [0.29, 0.717) is 22.4 Å². The van der Waals surface area contributed by atoms with E-state index in [9.17, 15) is 9.59 Å².